The number of benzene rings is 2. The van der Waals surface area contributed by atoms with Gasteiger partial charge in [-0.2, -0.15) is 0 Å². The van der Waals surface area contributed by atoms with Crippen LogP contribution in [0.15, 0.2) is 48.5 Å². The maximum Gasteiger partial charge on any atom is 0.303 e. The minimum Gasteiger partial charge on any atom is -0.494 e. The van der Waals surface area contributed by atoms with E-state index in [1.165, 1.54) is 18.1 Å². The molecule has 0 aliphatic carbocycles. The summed E-state index contributed by atoms with van der Waals surface area (Å²) in [6.45, 7) is 8.79. The predicted octanol–water partition coefficient (Wildman–Crippen LogP) is 5.35. The molecule has 152 valence electrons. The van der Waals surface area contributed by atoms with Crippen LogP contribution in [-0.2, 0) is 14.9 Å². The fraction of sp³-hybridized carbons (Fsp3) is 0.435. The van der Waals surface area contributed by atoms with Crippen molar-refractivity contribution < 1.29 is 19.0 Å². The van der Waals surface area contributed by atoms with Gasteiger partial charge in [-0.1, -0.05) is 45.0 Å². The van der Waals surface area contributed by atoms with Crippen LogP contribution in [0.25, 0.3) is 0 Å². The summed E-state index contributed by atoms with van der Waals surface area (Å²) in [6.07, 6.45) is 0.539. The van der Waals surface area contributed by atoms with Crippen LogP contribution in [0.5, 0.6) is 11.5 Å². The fourth-order valence-corrected chi connectivity index (χ4v) is 3.01. The van der Waals surface area contributed by atoms with Crippen molar-refractivity contribution in [2.24, 2.45) is 0 Å². The number of hydrogen-bond donors (Lipinski definition) is 0. The molecule has 2 rings (SSSR count). The standard InChI is InChI=1S/C23H29ClO4/c1-5-14-26-20-10-6-18(7-11-20)23(3,4)19-8-12-21(13-9-19)27-16-22(15-24)28-17(2)25/h6-13,22H,5,14-16H2,1-4H3/t22-/m1/s1. The smallest absolute Gasteiger partial charge is 0.303 e. The molecule has 0 radical (unpaired) electrons. The van der Waals surface area contributed by atoms with Gasteiger partial charge in [-0.15, -0.1) is 11.6 Å². The molecular weight excluding hydrogens is 376 g/mol. The van der Waals surface area contributed by atoms with Crippen LogP contribution in [0.2, 0.25) is 0 Å². The Balaban J connectivity index is 2.03. The van der Waals surface area contributed by atoms with Crippen molar-refractivity contribution in [2.45, 2.75) is 45.6 Å². The quantitative estimate of drug-likeness (QED) is 0.395. The Bertz CT molecular complexity index is 738. The highest BCUT2D eigenvalue weighted by atomic mass is 35.5. The van der Waals surface area contributed by atoms with E-state index in [2.05, 4.69) is 45.0 Å². The summed E-state index contributed by atoms with van der Waals surface area (Å²) in [5, 5.41) is 0. The number of rotatable bonds is 10. The molecule has 0 bridgehead atoms. The Morgan fingerprint density at radius 3 is 1.89 bits per heavy atom. The summed E-state index contributed by atoms with van der Waals surface area (Å²) in [5.41, 5.74) is 2.23. The van der Waals surface area contributed by atoms with Gasteiger partial charge in [0.25, 0.3) is 0 Å². The molecule has 2 aromatic carbocycles. The zero-order valence-corrected chi connectivity index (χ0v) is 17.8. The zero-order chi connectivity index (χ0) is 20.6. The first-order valence-corrected chi connectivity index (χ1v) is 10.1. The molecule has 0 heterocycles. The predicted molar refractivity (Wildman–Crippen MR) is 113 cm³/mol. The minimum atomic E-state index is -0.455. The largest absolute Gasteiger partial charge is 0.494 e. The van der Waals surface area contributed by atoms with E-state index >= 15 is 0 Å². The molecule has 0 N–H and O–H groups in total. The van der Waals surface area contributed by atoms with Gasteiger partial charge < -0.3 is 14.2 Å². The summed E-state index contributed by atoms with van der Waals surface area (Å²) in [4.78, 5) is 11.0. The van der Waals surface area contributed by atoms with Gasteiger partial charge in [-0.05, 0) is 41.8 Å². The van der Waals surface area contributed by atoms with E-state index in [1.54, 1.807) is 0 Å². The van der Waals surface area contributed by atoms with Gasteiger partial charge in [0.05, 0.1) is 12.5 Å². The Labute approximate surface area is 172 Å². The lowest BCUT2D eigenvalue weighted by Gasteiger charge is -2.26. The van der Waals surface area contributed by atoms with Gasteiger partial charge in [0, 0.05) is 12.3 Å². The Morgan fingerprint density at radius 1 is 0.964 bits per heavy atom. The molecule has 4 nitrogen and oxygen atoms in total. The molecule has 2 aromatic rings. The number of carbonyl (C=O) groups is 1. The lowest BCUT2D eigenvalue weighted by Crippen LogP contribution is -2.25. The molecule has 0 aromatic heterocycles. The van der Waals surface area contributed by atoms with E-state index in [4.69, 9.17) is 25.8 Å². The van der Waals surface area contributed by atoms with Crippen LogP contribution >= 0.6 is 11.6 Å². The van der Waals surface area contributed by atoms with Crippen molar-refractivity contribution in [1.82, 2.24) is 0 Å². The highest BCUT2D eigenvalue weighted by Crippen LogP contribution is 2.33. The lowest BCUT2D eigenvalue weighted by atomic mass is 9.78. The van der Waals surface area contributed by atoms with Gasteiger partial charge in [-0.3, -0.25) is 4.79 Å². The van der Waals surface area contributed by atoms with Crippen LogP contribution in [0.3, 0.4) is 0 Å². The molecule has 5 heteroatoms. The summed E-state index contributed by atoms with van der Waals surface area (Å²) in [7, 11) is 0. The number of alkyl halides is 1. The third-order valence-corrected chi connectivity index (χ3v) is 4.91. The average molecular weight is 405 g/mol. The van der Waals surface area contributed by atoms with Crippen LogP contribution in [0, 0.1) is 0 Å². The maximum absolute atomic E-state index is 11.0. The van der Waals surface area contributed by atoms with Crippen LogP contribution in [0.1, 0.15) is 45.2 Å². The second-order valence-electron chi connectivity index (χ2n) is 7.22. The van der Waals surface area contributed by atoms with Gasteiger partial charge in [0.15, 0.2) is 0 Å². The molecule has 0 unspecified atom stereocenters. The summed E-state index contributed by atoms with van der Waals surface area (Å²) in [6, 6.07) is 16.2. The van der Waals surface area contributed by atoms with Crippen LogP contribution < -0.4 is 9.47 Å². The topological polar surface area (TPSA) is 44.8 Å². The van der Waals surface area contributed by atoms with E-state index in [1.807, 2.05) is 24.3 Å². The normalized spacial score (nSPS) is 12.3. The molecule has 0 saturated carbocycles. The molecule has 0 saturated heterocycles. The second-order valence-corrected chi connectivity index (χ2v) is 7.53. The lowest BCUT2D eigenvalue weighted by molar-refractivity contribution is -0.146. The van der Waals surface area contributed by atoms with E-state index in [9.17, 15) is 4.79 Å². The molecule has 0 amide bonds. The molecule has 0 fully saturated rings. The fourth-order valence-electron chi connectivity index (χ4n) is 2.86. The first-order chi connectivity index (χ1) is 13.4. The number of esters is 1. The van der Waals surface area contributed by atoms with Gasteiger partial charge in [0.1, 0.15) is 24.2 Å². The van der Waals surface area contributed by atoms with Crippen LogP contribution in [-0.4, -0.2) is 31.2 Å². The molecule has 1 atom stereocenters. The summed E-state index contributed by atoms with van der Waals surface area (Å²) >= 11 is 5.80. The van der Waals surface area contributed by atoms with E-state index in [0.717, 1.165) is 18.8 Å². The third kappa shape index (κ3) is 6.16. The molecular formula is C23H29ClO4. The van der Waals surface area contributed by atoms with E-state index in [0.29, 0.717) is 5.75 Å². The van der Waals surface area contributed by atoms with Gasteiger partial charge in [0.2, 0.25) is 0 Å². The Kier molecular flexibility index (Phi) is 8.18. The minimum absolute atomic E-state index is 0.155. The second kappa shape index (κ2) is 10.4. The molecule has 0 aliphatic rings. The molecule has 0 spiro atoms. The summed E-state index contributed by atoms with van der Waals surface area (Å²) < 4.78 is 16.5. The number of ether oxygens (including phenoxy) is 3. The van der Waals surface area contributed by atoms with Crippen molar-refractivity contribution in [3.63, 3.8) is 0 Å². The number of carbonyl (C=O) groups excluding carboxylic acids is 1. The molecule has 28 heavy (non-hydrogen) atoms. The molecule has 0 aliphatic heterocycles. The van der Waals surface area contributed by atoms with Gasteiger partial charge in [-0.25, -0.2) is 0 Å². The van der Waals surface area contributed by atoms with Crippen molar-refractivity contribution in [3.05, 3.63) is 59.7 Å². The first-order valence-electron chi connectivity index (χ1n) is 9.56. The highest BCUT2D eigenvalue weighted by Gasteiger charge is 2.23. The van der Waals surface area contributed by atoms with Crippen molar-refractivity contribution >= 4 is 17.6 Å². The van der Waals surface area contributed by atoms with E-state index in [-0.39, 0.29) is 23.9 Å². The average Bonchev–Trinajstić information content (AvgIpc) is 2.70. The monoisotopic (exact) mass is 404 g/mol. The van der Waals surface area contributed by atoms with Crippen molar-refractivity contribution in [3.8, 4) is 11.5 Å². The van der Waals surface area contributed by atoms with Crippen LogP contribution in [0.4, 0.5) is 0 Å². The van der Waals surface area contributed by atoms with Crippen molar-refractivity contribution in [1.29, 1.82) is 0 Å². The first kappa shape index (κ1) is 22.1. The Hall–Kier alpha value is -2.20. The number of hydrogen-bond acceptors (Lipinski definition) is 4. The SMILES string of the molecule is CCCOc1ccc(C(C)(C)c2ccc(OC[C@@H](CCl)OC(C)=O)cc2)cc1. The third-order valence-electron chi connectivity index (χ3n) is 4.57. The Morgan fingerprint density at radius 2 is 1.46 bits per heavy atom. The summed E-state index contributed by atoms with van der Waals surface area (Å²) in [5.74, 6) is 1.44. The highest BCUT2D eigenvalue weighted by molar-refractivity contribution is 6.18. The zero-order valence-electron chi connectivity index (χ0n) is 17.0. The van der Waals surface area contributed by atoms with Crippen molar-refractivity contribution in [2.75, 3.05) is 19.1 Å². The van der Waals surface area contributed by atoms with E-state index < -0.39 is 6.10 Å². The number of halogens is 1. The maximum atomic E-state index is 11.0. The van der Waals surface area contributed by atoms with Gasteiger partial charge >= 0.3 is 5.97 Å².